The van der Waals surface area contributed by atoms with E-state index in [2.05, 4.69) is 4.72 Å². The minimum Gasteiger partial charge on any atom is -0.486 e. The Kier molecular flexibility index (Phi) is 4.85. The molecule has 0 unspecified atom stereocenters. The molecule has 6 nitrogen and oxygen atoms in total. The minimum atomic E-state index is -4.60. The highest BCUT2D eigenvalue weighted by atomic mass is 32.2. The number of hydrogen-bond acceptors (Lipinski definition) is 5. The van der Waals surface area contributed by atoms with Gasteiger partial charge in [-0.15, -0.1) is 0 Å². The highest BCUT2D eigenvalue weighted by Crippen LogP contribution is 2.37. The normalized spacial score (nSPS) is 14.0. The average molecular weight is 402 g/mol. The fourth-order valence-corrected chi connectivity index (χ4v) is 3.66. The highest BCUT2D eigenvalue weighted by molar-refractivity contribution is 7.92. The van der Waals surface area contributed by atoms with Crippen LogP contribution >= 0.6 is 0 Å². The summed E-state index contributed by atoms with van der Waals surface area (Å²) < 4.78 is 77.4. The number of nitrogens with one attached hydrogen (secondary N) is 1. The lowest BCUT2D eigenvalue weighted by Gasteiger charge is -2.21. The second kappa shape index (κ2) is 6.84. The van der Waals surface area contributed by atoms with Crippen LogP contribution in [0, 0.1) is 0 Å². The van der Waals surface area contributed by atoms with Crippen LogP contribution in [0.15, 0.2) is 41.3 Å². The molecule has 1 N–H and O–H groups in total. The van der Waals surface area contributed by atoms with Crippen molar-refractivity contribution in [3.63, 3.8) is 0 Å². The fourth-order valence-electron chi connectivity index (χ4n) is 2.58. The molecule has 2 aromatic carbocycles. The molecule has 0 aliphatic carbocycles. The zero-order chi connectivity index (χ0) is 19.8. The maximum Gasteiger partial charge on any atom is 0.416 e. The lowest BCUT2D eigenvalue weighted by Crippen LogP contribution is -2.19. The van der Waals surface area contributed by atoms with Crippen molar-refractivity contribution in [3.8, 4) is 11.5 Å². The van der Waals surface area contributed by atoms with Gasteiger partial charge in [-0.05, 0) is 30.3 Å². The largest absolute Gasteiger partial charge is 0.486 e. The van der Waals surface area contributed by atoms with Crippen LogP contribution in [-0.2, 0) is 16.2 Å². The number of nitrogens with zero attached hydrogens (tertiary/aromatic N) is 1. The zero-order valence-electron chi connectivity index (χ0n) is 14.5. The minimum absolute atomic E-state index is 0.145. The van der Waals surface area contributed by atoms with Gasteiger partial charge in [0.1, 0.15) is 13.2 Å². The summed E-state index contributed by atoms with van der Waals surface area (Å²) in [5, 5.41) is 0. The van der Waals surface area contributed by atoms with Crippen molar-refractivity contribution in [2.75, 3.05) is 36.9 Å². The molecular weight excluding hydrogens is 385 g/mol. The number of rotatable bonds is 4. The number of anilines is 2. The molecule has 0 radical (unpaired) electrons. The van der Waals surface area contributed by atoms with Crippen molar-refractivity contribution < 1.29 is 31.1 Å². The number of ether oxygens (including phenoxy) is 2. The van der Waals surface area contributed by atoms with Crippen LogP contribution in [-0.4, -0.2) is 35.7 Å². The second-order valence-electron chi connectivity index (χ2n) is 6.04. The maximum absolute atomic E-state index is 13.0. The Balaban J connectivity index is 2.00. The molecule has 10 heteroatoms. The van der Waals surface area contributed by atoms with Crippen molar-refractivity contribution in [2.24, 2.45) is 0 Å². The number of hydrogen-bond donors (Lipinski definition) is 1. The standard InChI is InChI=1S/C17H17F3N2O4S/c1-22(2)14-5-3-11(17(18,19)20)9-13(14)21-27(23,24)12-4-6-15-16(10-12)26-8-7-25-15/h3-6,9-10,21H,7-8H2,1-2H3. The van der Waals surface area contributed by atoms with E-state index >= 15 is 0 Å². The van der Waals surface area contributed by atoms with E-state index in [-0.39, 0.29) is 22.9 Å². The number of fused-ring (bicyclic) bond motifs is 1. The molecule has 0 bridgehead atoms. The van der Waals surface area contributed by atoms with Crippen LogP contribution in [0.3, 0.4) is 0 Å². The molecule has 0 spiro atoms. The lowest BCUT2D eigenvalue weighted by atomic mass is 10.1. The summed E-state index contributed by atoms with van der Waals surface area (Å²) in [6.07, 6.45) is -4.60. The number of alkyl halides is 3. The van der Waals surface area contributed by atoms with Crippen LogP contribution in [0.25, 0.3) is 0 Å². The molecule has 0 aromatic heterocycles. The van der Waals surface area contributed by atoms with E-state index in [0.717, 1.165) is 12.1 Å². The summed E-state index contributed by atoms with van der Waals surface area (Å²) in [6, 6.07) is 6.91. The van der Waals surface area contributed by atoms with Gasteiger partial charge in [-0.1, -0.05) is 0 Å². The van der Waals surface area contributed by atoms with Crippen molar-refractivity contribution in [1.82, 2.24) is 0 Å². The third kappa shape index (κ3) is 4.05. The van der Waals surface area contributed by atoms with Gasteiger partial charge in [-0.2, -0.15) is 13.2 Å². The van der Waals surface area contributed by atoms with E-state index in [0.29, 0.717) is 18.0 Å². The molecule has 0 fully saturated rings. The number of halogens is 3. The Hall–Kier alpha value is -2.62. The maximum atomic E-state index is 13.0. The van der Waals surface area contributed by atoms with Gasteiger partial charge >= 0.3 is 6.18 Å². The Bertz CT molecular complexity index is 959. The Morgan fingerprint density at radius 1 is 1.00 bits per heavy atom. The van der Waals surface area contributed by atoms with Gasteiger partial charge in [0.05, 0.1) is 21.8 Å². The molecule has 2 aromatic rings. The second-order valence-corrected chi connectivity index (χ2v) is 7.72. The topological polar surface area (TPSA) is 67.9 Å². The highest BCUT2D eigenvalue weighted by Gasteiger charge is 2.32. The predicted molar refractivity (Wildman–Crippen MR) is 94.0 cm³/mol. The molecule has 27 heavy (non-hydrogen) atoms. The molecule has 3 rings (SSSR count). The van der Waals surface area contributed by atoms with E-state index in [1.807, 2.05) is 0 Å². The molecule has 0 saturated heterocycles. The molecule has 1 heterocycles. The SMILES string of the molecule is CN(C)c1ccc(C(F)(F)F)cc1NS(=O)(=O)c1ccc2c(c1)OCCO2. The van der Waals surface area contributed by atoms with Crippen LogP contribution in [0.4, 0.5) is 24.5 Å². The van der Waals surface area contributed by atoms with Crippen molar-refractivity contribution in [1.29, 1.82) is 0 Å². The third-order valence-electron chi connectivity index (χ3n) is 3.87. The summed E-state index contributed by atoms with van der Waals surface area (Å²) in [5.41, 5.74) is -0.832. The van der Waals surface area contributed by atoms with Gasteiger partial charge < -0.3 is 14.4 Å². The summed E-state index contributed by atoms with van der Waals surface area (Å²) >= 11 is 0. The first kappa shape index (κ1) is 19.2. The molecule has 0 amide bonds. The van der Waals surface area contributed by atoms with Gasteiger partial charge in [0.15, 0.2) is 11.5 Å². The van der Waals surface area contributed by atoms with E-state index in [1.54, 1.807) is 14.1 Å². The summed E-state index contributed by atoms with van der Waals surface area (Å²) in [7, 11) is -0.941. The van der Waals surface area contributed by atoms with Crippen LogP contribution in [0.5, 0.6) is 11.5 Å². The Morgan fingerprint density at radius 2 is 1.67 bits per heavy atom. The first-order chi connectivity index (χ1) is 12.6. The number of benzene rings is 2. The van der Waals surface area contributed by atoms with E-state index in [4.69, 9.17) is 9.47 Å². The molecule has 1 aliphatic heterocycles. The molecule has 0 saturated carbocycles. The summed E-state index contributed by atoms with van der Waals surface area (Å²) in [5.74, 6) is 0.675. The summed E-state index contributed by atoms with van der Waals surface area (Å²) in [4.78, 5) is 1.37. The van der Waals surface area contributed by atoms with Crippen molar-refractivity contribution in [3.05, 3.63) is 42.0 Å². The predicted octanol–water partition coefficient (Wildman–Crippen LogP) is 3.34. The van der Waals surface area contributed by atoms with Crippen LogP contribution in [0.1, 0.15) is 5.56 Å². The summed E-state index contributed by atoms with van der Waals surface area (Å²) in [6.45, 7) is 0.635. The van der Waals surface area contributed by atoms with Crippen LogP contribution in [0.2, 0.25) is 0 Å². The first-order valence-electron chi connectivity index (χ1n) is 7.89. The van der Waals surface area contributed by atoms with Gasteiger partial charge in [-0.3, -0.25) is 4.72 Å². The van der Waals surface area contributed by atoms with E-state index in [1.165, 1.54) is 29.2 Å². The first-order valence-corrected chi connectivity index (χ1v) is 9.37. The smallest absolute Gasteiger partial charge is 0.416 e. The van der Waals surface area contributed by atoms with Gasteiger partial charge in [0.2, 0.25) is 0 Å². The van der Waals surface area contributed by atoms with Gasteiger partial charge in [0, 0.05) is 20.2 Å². The monoisotopic (exact) mass is 402 g/mol. The fraction of sp³-hybridized carbons (Fsp3) is 0.294. The lowest BCUT2D eigenvalue weighted by molar-refractivity contribution is -0.137. The Morgan fingerprint density at radius 3 is 2.30 bits per heavy atom. The molecule has 146 valence electrons. The molecule has 1 aliphatic rings. The number of sulfonamides is 1. The molecule has 0 atom stereocenters. The average Bonchev–Trinajstić information content (AvgIpc) is 2.60. The quantitative estimate of drug-likeness (QED) is 0.850. The van der Waals surface area contributed by atoms with Crippen LogP contribution < -0.4 is 19.1 Å². The van der Waals surface area contributed by atoms with E-state index in [9.17, 15) is 21.6 Å². The Labute approximate surface area is 154 Å². The van der Waals surface area contributed by atoms with Crippen molar-refractivity contribution in [2.45, 2.75) is 11.1 Å². The van der Waals surface area contributed by atoms with Gasteiger partial charge in [0.25, 0.3) is 10.0 Å². The molecular formula is C17H17F3N2O4S. The van der Waals surface area contributed by atoms with Crippen molar-refractivity contribution >= 4 is 21.4 Å². The third-order valence-corrected chi connectivity index (χ3v) is 5.24. The van der Waals surface area contributed by atoms with Gasteiger partial charge in [-0.25, -0.2) is 8.42 Å². The zero-order valence-corrected chi connectivity index (χ0v) is 15.3. The van der Waals surface area contributed by atoms with E-state index < -0.39 is 21.8 Å².